The van der Waals surface area contributed by atoms with Gasteiger partial charge < -0.3 is 19.7 Å². The molecular weight excluding hydrogens is 160 g/mol. The molecule has 0 aromatic carbocycles. The Morgan fingerprint density at radius 2 is 2.25 bits per heavy atom. The van der Waals surface area contributed by atoms with Crippen molar-refractivity contribution < 1.29 is 19.7 Å². The van der Waals surface area contributed by atoms with Crippen molar-refractivity contribution in [3.63, 3.8) is 0 Å². The van der Waals surface area contributed by atoms with Crippen LogP contribution in [0.15, 0.2) is 0 Å². The third-order valence-electron chi connectivity index (χ3n) is 2.23. The molecule has 4 heteroatoms. The van der Waals surface area contributed by atoms with Crippen LogP contribution < -0.4 is 0 Å². The Kier molecular flexibility index (Phi) is 3.46. The fraction of sp³-hybridized carbons (Fsp3) is 1.00. The number of methoxy groups -OCH3 is 1. The molecule has 0 radical (unpaired) electrons. The summed E-state index contributed by atoms with van der Waals surface area (Å²) in [6.07, 6.45) is -0.753. The minimum atomic E-state index is -0.573. The van der Waals surface area contributed by atoms with Crippen LogP contribution in [0.2, 0.25) is 0 Å². The van der Waals surface area contributed by atoms with Gasteiger partial charge in [-0.2, -0.15) is 0 Å². The van der Waals surface area contributed by atoms with Gasteiger partial charge in [-0.25, -0.2) is 0 Å². The summed E-state index contributed by atoms with van der Waals surface area (Å²) in [4.78, 5) is 0. The average Bonchev–Trinajstić information content (AvgIpc) is 2.05. The molecule has 0 aromatic rings. The Balaban J connectivity index is 2.50. The first-order chi connectivity index (χ1) is 5.69. The first kappa shape index (κ1) is 9.92. The summed E-state index contributed by atoms with van der Waals surface area (Å²) in [5.41, 5.74) is 0. The lowest BCUT2D eigenvalue weighted by atomic mass is 9.96. The largest absolute Gasteiger partial charge is 0.394 e. The number of aliphatic hydroxyl groups is 2. The molecule has 0 aliphatic carbocycles. The topological polar surface area (TPSA) is 58.9 Å². The van der Waals surface area contributed by atoms with Crippen molar-refractivity contribution in [3.05, 3.63) is 0 Å². The van der Waals surface area contributed by atoms with Gasteiger partial charge in [0, 0.05) is 13.0 Å². The summed E-state index contributed by atoms with van der Waals surface area (Å²) < 4.78 is 10.3. The monoisotopic (exact) mass is 176 g/mol. The first-order valence-electron chi connectivity index (χ1n) is 4.16. The number of ether oxygens (including phenoxy) is 2. The highest BCUT2D eigenvalue weighted by Gasteiger charge is 2.34. The van der Waals surface area contributed by atoms with E-state index in [1.54, 1.807) is 7.11 Å². The maximum atomic E-state index is 9.41. The molecule has 12 heavy (non-hydrogen) atoms. The maximum Gasteiger partial charge on any atom is 0.160 e. The summed E-state index contributed by atoms with van der Waals surface area (Å²) in [5, 5.41) is 18.2. The molecule has 4 atom stereocenters. The minimum absolute atomic E-state index is 0.159. The lowest BCUT2D eigenvalue weighted by Gasteiger charge is -2.36. The molecule has 0 aromatic heterocycles. The molecule has 1 fully saturated rings. The maximum absolute atomic E-state index is 9.41. The van der Waals surface area contributed by atoms with Gasteiger partial charge >= 0.3 is 0 Å². The van der Waals surface area contributed by atoms with Crippen LogP contribution in [0.1, 0.15) is 13.3 Å². The van der Waals surface area contributed by atoms with Crippen LogP contribution in [-0.2, 0) is 9.47 Å². The molecule has 1 saturated heterocycles. The highest BCUT2D eigenvalue weighted by Crippen LogP contribution is 2.25. The number of aliphatic hydroxyl groups excluding tert-OH is 2. The third-order valence-corrected chi connectivity index (χ3v) is 2.23. The van der Waals surface area contributed by atoms with Gasteiger partial charge in [-0.3, -0.25) is 0 Å². The van der Waals surface area contributed by atoms with Crippen molar-refractivity contribution in [2.45, 2.75) is 31.8 Å². The molecule has 4 nitrogen and oxygen atoms in total. The molecular formula is C8H16O4. The Morgan fingerprint density at radius 3 is 2.75 bits per heavy atom. The predicted molar refractivity (Wildman–Crippen MR) is 42.5 cm³/mol. The highest BCUT2D eigenvalue weighted by molar-refractivity contribution is 4.78. The fourth-order valence-electron chi connectivity index (χ4n) is 1.49. The van der Waals surface area contributed by atoms with E-state index in [4.69, 9.17) is 14.6 Å². The van der Waals surface area contributed by atoms with Crippen LogP contribution in [0, 0.1) is 5.92 Å². The highest BCUT2D eigenvalue weighted by atomic mass is 16.7. The molecule has 0 saturated carbocycles. The summed E-state index contributed by atoms with van der Waals surface area (Å²) >= 11 is 0. The van der Waals surface area contributed by atoms with E-state index in [0.717, 1.165) is 0 Å². The third kappa shape index (κ3) is 1.95. The molecule has 1 aliphatic heterocycles. The Labute approximate surface area is 72.1 Å². The SMILES string of the molecule is CO[C@H]1O[C@@H](CO)[C@@H](O)C[C@H]1C. The number of rotatable bonds is 2. The summed E-state index contributed by atoms with van der Waals surface area (Å²) in [7, 11) is 1.56. The van der Waals surface area contributed by atoms with E-state index in [1.165, 1.54) is 0 Å². The molecule has 1 aliphatic rings. The lowest BCUT2D eigenvalue weighted by molar-refractivity contribution is -0.242. The summed E-state index contributed by atoms with van der Waals surface area (Å²) in [6.45, 7) is 1.79. The normalized spacial score (nSPS) is 43.0. The van der Waals surface area contributed by atoms with E-state index in [2.05, 4.69) is 0 Å². The molecule has 1 rings (SSSR count). The predicted octanol–water partition coefficient (Wildman–Crippen LogP) is -0.263. The van der Waals surface area contributed by atoms with Crippen molar-refractivity contribution in [2.24, 2.45) is 5.92 Å². The standard InChI is InChI=1S/C8H16O4/c1-5-3-6(10)7(4-9)12-8(5)11-2/h5-10H,3-4H2,1-2H3/t5-,6+,7+,8+/m1/s1. The van der Waals surface area contributed by atoms with Crippen LogP contribution in [0.5, 0.6) is 0 Å². The fourth-order valence-corrected chi connectivity index (χ4v) is 1.49. The van der Waals surface area contributed by atoms with Crippen LogP contribution in [0.3, 0.4) is 0 Å². The first-order valence-corrected chi connectivity index (χ1v) is 4.16. The lowest BCUT2D eigenvalue weighted by Crippen LogP contribution is -2.45. The van der Waals surface area contributed by atoms with Crippen molar-refractivity contribution in [1.82, 2.24) is 0 Å². The second kappa shape index (κ2) is 4.18. The van der Waals surface area contributed by atoms with Crippen LogP contribution in [0.4, 0.5) is 0 Å². The van der Waals surface area contributed by atoms with Gasteiger partial charge in [0.25, 0.3) is 0 Å². The van der Waals surface area contributed by atoms with E-state index >= 15 is 0 Å². The van der Waals surface area contributed by atoms with Gasteiger partial charge in [0.15, 0.2) is 6.29 Å². The second-order valence-electron chi connectivity index (χ2n) is 3.24. The number of hydrogen-bond donors (Lipinski definition) is 2. The quantitative estimate of drug-likeness (QED) is 0.608. The Morgan fingerprint density at radius 1 is 1.58 bits per heavy atom. The molecule has 1 heterocycles. The zero-order valence-corrected chi connectivity index (χ0v) is 7.43. The van der Waals surface area contributed by atoms with Crippen LogP contribution in [-0.4, -0.2) is 42.4 Å². The van der Waals surface area contributed by atoms with Crippen LogP contribution in [0.25, 0.3) is 0 Å². The number of hydrogen-bond acceptors (Lipinski definition) is 4. The average molecular weight is 176 g/mol. The van der Waals surface area contributed by atoms with E-state index in [0.29, 0.717) is 6.42 Å². The Hall–Kier alpha value is -0.160. The van der Waals surface area contributed by atoms with Gasteiger partial charge in [-0.1, -0.05) is 6.92 Å². The van der Waals surface area contributed by atoms with Gasteiger partial charge in [-0.05, 0) is 6.42 Å². The van der Waals surface area contributed by atoms with Crippen molar-refractivity contribution in [2.75, 3.05) is 13.7 Å². The van der Waals surface area contributed by atoms with Gasteiger partial charge in [-0.15, -0.1) is 0 Å². The minimum Gasteiger partial charge on any atom is -0.394 e. The smallest absolute Gasteiger partial charge is 0.160 e. The molecule has 72 valence electrons. The second-order valence-corrected chi connectivity index (χ2v) is 3.24. The molecule has 0 unspecified atom stereocenters. The summed E-state index contributed by atoms with van der Waals surface area (Å²) in [5.74, 6) is 0.174. The van der Waals surface area contributed by atoms with Crippen molar-refractivity contribution in [1.29, 1.82) is 0 Å². The molecule has 0 spiro atoms. The molecule has 0 amide bonds. The van der Waals surface area contributed by atoms with E-state index in [9.17, 15) is 5.11 Å². The van der Waals surface area contributed by atoms with Crippen LogP contribution >= 0.6 is 0 Å². The zero-order chi connectivity index (χ0) is 9.14. The van der Waals surface area contributed by atoms with Crippen molar-refractivity contribution in [3.8, 4) is 0 Å². The van der Waals surface area contributed by atoms with E-state index in [1.807, 2.05) is 6.92 Å². The van der Waals surface area contributed by atoms with E-state index in [-0.39, 0.29) is 18.8 Å². The van der Waals surface area contributed by atoms with E-state index < -0.39 is 12.2 Å². The molecule has 2 N–H and O–H groups in total. The van der Waals surface area contributed by atoms with Gasteiger partial charge in [0.1, 0.15) is 6.10 Å². The van der Waals surface area contributed by atoms with Gasteiger partial charge in [0.05, 0.1) is 12.7 Å². The Bertz CT molecular complexity index is 125. The summed E-state index contributed by atoms with van der Waals surface area (Å²) in [6, 6.07) is 0. The molecule has 0 bridgehead atoms. The van der Waals surface area contributed by atoms with Crippen molar-refractivity contribution >= 4 is 0 Å². The van der Waals surface area contributed by atoms with Gasteiger partial charge in [0.2, 0.25) is 0 Å². The zero-order valence-electron chi connectivity index (χ0n) is 7.43.